The summed E-state index contributed by atoms with van der Waals surface area (Å²) in [7, 11) is 0. The van der Waals surface area contributed by atoms with Crippen molar-refractivity contribution in [2.24, 2.45) is 28.4 Å². The maximum Gasteiger partial charge on any atom is 0.182 e. The van der Waals surface area contributed by atoms with Gasteiger partial charge in [-0.2, -0.15) is 0 Å². The molecule has 9 atom stereocenters. The molecular weight excluding hydrogens is 523 g/mol. The van der Waals surface area contributed by atoms with Gasteiger partial charge in [0.15, 0.2) is 17.7 Å². The van der Waals surface area contributed by atoms with Crippen LogP contribution in [0.15, 0.2) is 48.1 Å². The first-order valence-electron chi connectivity index (χ1n) is 14.0. The topological polar surface area (TPSA) is 110 Å². The van der Waals surface area contributed by atoms with Crippen molar-refractivity contribution in [3.63, 3.8) is 0 Å². The first-order valence-corrected chi connectivity index (χ1v) is 14.0. The maximum atomic E-state index is 17.4. The highest BCUT2D eigenvalue weighted by molar-refractivity contribution is 5.90. The van der Waals surface area contributed by atoms with Crippen molar-refractivity contribution in [2.45, 2.75) is 90.1 Å². The van der Waals surface area contributed by atoms with Crippen LogP contribution in [0, 0.1) is 28.5 Å². The zero-order chi connectivity index (χ0) is 30.1. The number of nitrogens with two attached hydrogens (primary N) is 1. The van der Waals surface area contributed by atoms with E-state index >= 15 is 8.78 Å². The highest BCUT2D eigenvalue weighted by Crippen LogP contribution is 2.70. The van der Waals surface area contributed by atoms with Crippen LogP contribution < -0.4 is 5.73 Å². The molecule has 0 saturated heterocycles. The number of aliphatic hydroxyl groups is 2. The molecule has 4 rings (SSSR count). The van der Waals surface area contributed by atoms with E-state index in [2.05, 4.69) is 0 Å². The quantitative estimate of drug-likeness (QED) is 0.184. The SMILES string of the molecule is C/C=C\C1(C)/C(=C\C=O)[C@@H](F)CC2C3CCC(OC(O)c4cccc(F)c4)(C(=O)CN)C3(C)CC(O)[C@@]21F.CC. The van der Waals surface area contributed by atoms with Crippen molar-refractivity contribution in [3.8, 4) is 0 Å². The normalized spacial score (nSPS) is 40.6. The van der Waals surface area contributed by atoms with E-state index < -0.39 is 70.6 Å². The highest BCUT2D eigenvalue weighted by Gasteiger charge is 2.75. The molecule has 1 aromatic carbocycles. The van der Waals surface area contributed by atoms with Crippen molar-refractivity contribution in [1.29, 1.82) is 0 Å². The molecule has 3 fully saturated rings. The van der Waals surface area contributed by atoms with Gasteiger partial charge in [0, 0.05) is 22.3 Å². The van der Waals surface area contributed by atoms with Gasteiger partial charge in [-0.3, -0.25) is 9.59 Å². The van der Waals surface area contributed by atoms with Gasteiger partial charge in [0.05, 0.1) is 12.6 Å². The van der Waals surface area contributed by atoms with Crippen molar-refractivity contribution >= 4 is 12.1 Å². The molecule has 0 aliphatic heterocycles. The highest BCUT2D eigenvalue weighted by atomic mass is 19.1. The van der Waals surface area contributed by atoms with E-state index in [1.807, 2.05) is 13.8 Å². The molecule has 3 saturated carbocycles. The number of halogens is 3. The first kappa shape index (κ1) is 32.2. The number of benzene rings is 1. The lowest BCUT2D eigenvalue weighted by atomic mass is 9.44. The molecule has 0 spiro atoms. The Bertz CT molecular complexity index is 1160. The molecule has 3 aliphatic rings. The molecule has 4 N–H and O–H groups in total. The molecule has 9 heteroatoms. The summed E-state index contributed by atoms with van der Waals surface area (Å²) >= 11 is 0. The number of hydrogen-bond donors (Lipinski definition) is 3. The van der Waals surface area contributed by atoms with Crippen molar-refractivity contribution in [3.05, 3.63) is 59.4 Å². The van der Waals surface area contributed by atoms with Crippen LogP contribution in [0.5, 0.6) is 0 Å². The molecular formula is C31H42F3NO5. The van der Waals surface area contributed by atoms with E-state index in [4.69, 9.17) is 10.5 Å². The number of allylic oxidation sites excluding steroid dienone is 4. The smallest absolute Gasteiger partial charge is 0.182 e. The van der Waals surface area contributed by atoms with Gasteiger partial charge in [-0.1, -0.05) is 45.1 Å². The number of aliphatic hydroxyl groups excluding tert-OH is 2. The number of carbonyl (C=O) groups excluding carboxylic acids is 2. The fourth-order valence-electron chi connectivity index (χ4n) is 7.99. The summed E-state index contributed by atoms with van der Waals surface area (Å²) in [5.74, 6) is -2.79. The Kier molecular flexibility index (Phi) is 9.56. The van der Waals surface area contributed by atoms with E-state index in [0.29, 0.717) is 6.29 Å². The number of hydrogen-bond acceptors (Lipinski definition) is 6. The predicted molar refractivity (Wildman–Crippen MR) is 146 cm³/mol. The summed E-state index contributed by atoms with van der Waals surface area (Å²) in [5, 5.41) is 22.5. The molecule has 40 heavy (non-hydrogen) atoms. The molecule has 222 valence electrons. The third kappa shape index (κ3) is 4.59. The number of Topliss-reactive ketones (excluding diaryl/α,β-unsaturated/α-hetero) is 1. The Morgan fingerprint density at radius 2 is 1.95 bits per heavy atom. The fraction of sp³-hybridized carbons (Fsp3) is 0.613. The van der Waals surface area contributed by atoms with E-state index in [1.54, 1.807) is 19.9 Å². The number of carbonyl (C=O) groups is 2. The number of ether oxygens (including phenoxy) is 1. The third-order valence-corrected chi connectivity index (χ3v) is 9.70. The molecule has 0 aromatic heterocycles. The minimum atomic E-state index is -2.34. The van der Waals surface area contributed by atoms with Gasteiger partial charge in [0.2, 0.25) is 0 Å². The molecule has 0 heterocycles. The van der Waals surface area contributed by atoms with Crippen molar-refractivity contribution in [1.82, 2.24) is 0 Å². The van der Waals surface area contributed by atoms with E-state index in [0.717, 1.165) is 12.1 Å². The summed E-state index contributed by atoms with van der Waals surface area (Å²) < 4.78 is 53.0. The number of aldehydes is 1. The Hall–Kier alpha value is -2.33. The van der Waals surface area contributed by atoms with Crippen LogP contribution in [0.2, 0.25) is 0 Å². The Labute approximate surface area is 234 Å². The monoisotopic (exact) mass is 565 g/mol. The van der Waals surface area contributed by atoms with Crippen LogP contribution in [0.4, 0.5) is 13.2 Å². The largest absolute Gasteiger partial charge is 0.390 e. The summed E-state index contributed by atoms with van der Waals surface area (Å²) in [6.07, 6.45) is -0.676. The van der Waals surface area contributed by atoms with Gasteiger partial charge in [0.25, 0.3) is 0 Å². The van der Waals surface area contributed by atoms with E-state index in [1.165, 1.54) is 31.2 Å². The van der Waals surface area contributed by atoms with Crippen LogP contribution in [0.25, 0.3) is 0 Å². The molecule has 3 aliphatic carbocycles. The van der Waals surface area contributed by atoms with Crippen molar-refractivity contribution < 1.29 is 37.7 Å². The van der Waals surface area contributed by atoms with Crippen LogP contribution >= 0.6 is 0 Å². The van der Waals surface area contributed by atoms with Gasteiger partial charge in [0.1, 0.15) is 23.9 Å². The van der Waals surface area contributed by atoms with Gasteiger partial charge < -0.3 is 20.7 Å². The maximum absolute atomic E-state index is 17.4. The summed E-state index contributed by atoms with van der Waals surface area (Å²) in [5.41, 5.74) is -1.06. The molecule has 0 radical (unpaired) electrons. The fourth-order valence-corrected chi connectivity index (χ4v) is 7.99. The summed E-state index contributed by atoms with van der Waals surface area (Å²) in [6.45, 7) is 8.40. The number of rotatable bonds is 7. The molecule has 0 amide bonds. The lowest BCUT2D eigenvalue weighted by Crippen LogP contribution is -2.70. The van der Waals surface area contributed by atoms with Crippen LogP contribution in [-0.4, -0.2) is 52.4 Å². The van der Waals surface area contributed by atoms with Crippen LogP contribution in [-0.2, 0) is 14.3 Å². The predicted octanol–water partition coefficient (Wildman–Crippen LogP) is 5.08. The van der Waals surface area contributed by atoms with Crippen LogP contribution in [0.1, 0.15) is 72.2 Å². The van der Waals surface area contributed by atoms with Gasteiger partial charge >= 0.3 is 0 Å². The van der Waals surface area contributed by atoms with Gasteiger partial charge in [-0.25, -0.2) is 13.2 Å². The zero-order valence-corrected chi connectivity index (χ0v) is 23.9. The van der Waals surface area contributed by atoms with Crippen molar-refractivity contribution in [2.75, 3.05) is 6.54 Å². The van der Waals surface area contributed by atoms with Gasteiger partial charge in [-0.05, 0) is 69.2 Å². The number of alkyl halides is 2. The minimum Gasteiger partial charge on any atom is -0.390 e. The number of ketones is 1. The van der Waals surface area contributed by atoms with Crippen LogP contribution in [0.3, 0.4) is 0 Å². The Morgan fingerprint density at radius 3 is 2.52 bits per heavy atom. The standard InChI is InChI=1S/C29H36F3NO5.C2H6/c1-4-10-26(2)20(9-12-34)22(31)14-21-19-8-11-28(24(36)16-33,27(19,3)15-23(35)29(21,26)32)38-25(37)17-6-5-7-18(30)13-17;1-2/h4-7,9-10,12-13,19,21-23,25,35,37H,8,11,14-16,33H2,1-3H3;1-2H3/b10-4-,20-9-;/t19?,21?,22-,23?,25?,26?,27?,28?,29-;/m0./s1. The third-order valence-electron chi connectivity index (χ3n) is 9.70. The lowest BCUT2D eigenvalue weighted by molar-refractivity contribution is -0.259. The second-order valence-electron chi connectivity index (χ2n) is 11.3. The molecule has 7 unspecified atom stereocenters. The zero-order valence-electron chi connectivity index (χ0n) is 23.9. The number of fused-ring (bicyclic) bond motifs is 3. The lowest BCUT2D eigenvalue weighted by Gasteiger charge is -2.63. The minimum absolute atomic E-state index is 0.0351. The summed E-state index contributed by atoms with van der Waals surface area (Å²) in [6, 6.07) is 5.13. The molecule has 6 nitrogen and oxygen atoms in total. The Morgan fingerprint density at radius 1 is 1.27 bits per heavy atom. The van der Waals surface area contributed by atoms with E-state index in [9.17, 15) is 24.2 Å². The first-order chi connectivity index (χ1) is 18.9. The summed E-state index contributed by atoms with van der Waals surface area (Å²) in [4.78, 5) is 24.8. The second-order valence-corrected chi connectivity index (χ2v) is 11.3. The van der Waals surface area contributed by atoms with Gasteiger partial charge in [-0.15, -0.1) is 0 Å². The average Bonchev–Trinajstić information content (AvgIpc) is 3.21. The average molecular weight is 566 g/mol. The van der Waals surface area contributed by atoms with E-state index in [-0.39, 0.29) is 36.8 Å². The molecule has 1 aromatic rings. The molecule has 0 bridgehead atoms. The Balaban J connectivity index is 0.00000216. The second kappa shape index (κ2) is 11.9.